The van der Waals surface area contributed by atoms with Crippen molar-refractivity contribution in [3.8, 4) is 0 Å². The van der Waals surface area contributed by atoms with Gasteiger partial charge in [-0.2, -0.15) is 0 Å². The van der Waals surface area contributed by atoms with Crippen LogP contribution in [0, 0.1) is 0 Å². The summed E-state index contributed by atoms with van der Waals surface area (Å²) in [5, 5.41) is 3.16. The minimum absolute atomic E-state index is 0.103. The average Bonchev–Trinajstić information content (AvgIpc) is 3.05. The van der Waals surface area contributed by atoms with E-state index in [1.165, 1.54) is 47.6 Å². The minimum atomic E-state index is -3.31. The van der Waals surface area contributed by atoms with Gasteiger partial charge in [0, 0.05) is 6.54 Å². The highest BCUT2D eigenvalue weighted by molar-refractivity contribution is 7.93. The molecule has 1 fully saturated rings. The highest BCUT2D eigenvalue weighted by Crippen LogP contribution is 2.32. The van der Waals surface area contributed by atoms with E-state index in [9.17, 15) is 18.0 Å². The Morgan fingerprint density at radius 3 is 2.30 bits per heavy atom. The van der Waals surface area contributed by atoms with E-state index >= 15 is 0 Å². The second kappa shape index (κ2) is 9.01. The minimum Gasteiger partial charge on any atom is -0.449 e. The summed E-state index contributed by atoms with van der Waals surface area (Å²) in [6.45, 7) is 1.81. The molecule has 1 heterocycles. The van der Waals surface area contributed by atoms with Gasteiger partial charge in [-0.1, -0.05) is 34.8 Å². The van der Waals surface area contributed by atoms with Crippen molar-refractivity contribution in [1.82, 2.24) is 0 Å². The number of benzene rings is 2. The van der Waals surface area contributed by atoms with E-state index in [0.717, 1.165) is 0 Å². The van der Waals surface area contributed by atoms with Gasteiger partial charge in [-0.15, -0.1) is 0 Å². The summed E-state index contributed by atoms with van der Waals surface area (Å²) >= 11 is 17.8. The van der Waals surface area contributed by atoms with Crippen LogP contribution in [0.5, 0.6) is 0 Å². The number of amides is 1. The lowest BCUT2D eigenvalue weighted by molar-refractivity contribution is -0.123. The van der Waals surface area contributed by atoms with Crippen molar-refractivity contribution in [2.24, 2.45) is 0 Å². The van der Waals surface area contributed by atoms with Crippen LogP contribution in [-0.4, -0.2) is 38.7 Å². The fourth-order valence-corrected chi connectivity index (χ4v) is 4.99. The number of esters is 1. The smallest absolute Gasteiger partial charge is 0.338 e. The average molecular weight is 492 g/mol. The monoisotopic (exact) mass is 490 g/mol. The summed E-state index contributed by atoms with van der Waals surface area (Å²) in [5.74, 6) is -1.23. The van der Waals surface area contributed by atoms with E-state index in [0.29, 0.717) is 18.7 Å². The van der Waals surface area contributed by atoms with Gasteiger partial charge in [0.05, 0.1) is 37.8 Å². The molecule has 1 unspecified atom stereocenters. The van der Waals surface area contributed by atoms with Crippen LogP contribution < -0.4 is 9.62 Å². The topological polar surface area (TPSA) is 92.8 Å². The van der Waals surface area contributed by atoms with Crippen molar-refractivity contribution in [1.29, 1.82) is 0 Å². The summed E-state index contributed by atoms with van der Waals surface area (Å²) in [4.78, 5) is 24.7. The Bertz CT molecular complexity index is 1090. The Morgan fingerprint density at radius 2 is 1.70 bits per heavy atom. The first kappa shape index (κ1) is 22.7. The molecule has 7 nitrogen and oxygen atoms in total. The van der Waals surface area contributed by atoms with Gasteiger partial charge < -0.3 is 10.1 Å². The van der Waals surface area contributed by atoms with Gasteiger partial charge in [0.2, 0.25) is 10.0 Å². The van der Waals surface area contributed by atoms with Crippen LogP contribution in [0.25, 0.3) is 0 Å². The Kier molecular flexibility index (Phi) is 6.81. The molecule has 1 amide bonds. The van der Waals surface area contributed by atoms with Crippen LogP contribution in [0.4, 0.5) is 11.4 Å². The van der Waals surface area contributed by atoms with Crippen LogP contribution in [0.2, 0.25) is 15.1 Å². The van der Waals surface area contributed by atoms with Gasteiger partial charge in [-0.05, 0) is 49.7 Å². The second-order valence-corrected chi connectivity index (χ2v) is 9.81. The third kappa shape index (κ3) is 5.00. The molecular weight excluding hydrogens is 475 g/mol. The number of halogens is 3. The molecule has 0 bridgehead atoms. The number of hydrogen-bond donors (Lipinski definition) is 1. The third-order valence-electron chi connectivity index (χ3n) is 4.41. The van der Waals surface area contributed by atoms with Crippen molar-refractivity contribution in [2.75, 3.05) is 21.9 Å². The van der Waals surface area contributed by atoms with E-state index in [2.05, 4.69) is 5.32 Å². The number of hydrogen-bond acceptors (Lipinski definition) is 5. The predicted octanol–water partition coefficient (Wildman–Crippen LogP) is 4.37. The Morgan fingerprint density at radius 1 is 1.07 bits per heavy atom. The molecule has 1 atom stereocenters. The Labute approximate surface area is 188 Å². The van der Waals surface area contributed by atoms with Gasteiger partial charge >= 0.3 is 5.97 Å². The SMILES string of the molecule is CC(OC(=O)c1ccc(N2CCCS2(=O)=O)cc1)C(=O)Nc1cc(Cl)c(Cl)cc1Cl. The summed E-state index contributed by atoms with van der Waals surface area (Å²) in [6, 6.07) is 8.74. The highest BCUT2D eigenvalue weighted by atomic mass is 35.5. The molecule has 2 aromatic carbocycles. The number of carbonyl (C=O) groups is 2. The molecule has 0 saturated carbocycles. The maximum absolute atomic E-state index is 12.3. The second-order valence-electron chi connectivity index (χ2n) is 6.57. The van der Waals surface area contributed by atoms with Gasteiger partial charge in [0.25, 0.3) is 5.91 Å². The van der Waals surface area contributed by atoms with Crippen LogP contribution in [0.15, 0.2) is 36.4 Å². The molecular formula is C19H17Cl3N2O5S. The third-order valence-corrected chi connectivity index (χ3v) is 7.32. The summed E-state index contributed by atoms with van der Waals surface area (Å²) < 4.78 is 30.5. The molecule has 0 spiro atoms. The van der Waals surface area contributed by atoms with Crippen LogP contribution in [0.3, 0.4) is 0 Å². The van der Waals surface area contributed by atoms with Crippen molar-refractivity contribution in [3.05, 3.63) is 57.0 Å². The van der Waals surface area contributed by atoms with E-state index in [-0.39, 0.29) is 32.1 Å². The molecule has 30 heavy (non-hydrogen) atoms. The zero-order valence-electron chi connectivity index (χ0n) is 15.7. The largest absolute Gasteiger partial charge is 0.449 e. The first-order valence-electron chi connectivity index (χ1n) is 8.85. The molecule has 2 aromatic rings. The fraction of sp³-hybridized carbons (Fsp3) is 0.263. The van der Waals surface area contributed by atoms with E-state index in [1.807, 2.05) is 0 Å². The molecule has 0 radical (unpaired) electrons. The molecule has 0 aliphatic carbocycles. The van der Waals surface area contributed by atoms with Gasteiger partial charge in [0.15, 0.2) is 6.10 Å². The molecule has 1 aliphatic rings. The molecule has 11 heteroatoms. The molecule has 1 aliphatic heterocycles. The van der Waals surface area contributed by atoms with Crippen molar-refractivity contribution < 1.29 is 22.7 Å². The lowest BCUT2D eigenvalue weighted by Crippen LogP contribution is -2.30. The van der Waals surface area contributed by atoms with Gasteiger partial charge in [-0.25, -0.2) is 13.2 Å². The lowest BCUT2D eigenvalue weighted by Gasteiger charge is -2.17. The Balaban J connectivity index is 1.64. The Hall–Kier alpha value is -2.00. The summed E-state index contributed by atoms with van der Waals surface area (Å²) in [5.41, 5.74) is 0.891. The zero-order chi connectivity index (χ0) is 22.1. The predicted molar refractivity (Wildman–Crippen MR) is 117 cm³/mol. The number of ether oxygens (including phenoxy) is 1. The van der Waals surface area contributed by atoms with E-state index < -0.39 is 28.0 Å². The van der Waals surface area contributed by atoms with Crippen molar-refractivity contribution in [3.63, 3.8) is 0 Å². The van der Waals surface area contributed by atoms with E-state index in [1.54, 1.807) is 0 Å². The van der Waals surface area contributed by atoms with Crippen LogP contribution in [-0.2, 0) is 19.6 Å². The maximum atomic E-state index is 12.3. The lowest BCUT2D eigenvalue weighted by atomic mass is 10.2. The molecule has 160 valence electrons. The standard InChI is InChI=1S/C19H17Cl3N2O5S/c1-11(18(25)23-17-10-15(21)14(20)9-16(17)22)29-19(26)12-3-5-13(6-4-12)24-7-2-8-30(24,27)28/h3-6,9-11H,2,7-8H2,1H3,(H,23,25). The normalized spacial score (nSPS) is 16.2. The van der Waals surface area contributed by atoms with Gasteiger partial charge in [0.1, 0.15) is 0 Å². The molecule has 1 saturated heterocycles. The summed E-state index contributed by atoms with van der Waals surface area (Å²) in [7, 11) is -3.31. The van der Waals surface area contributed by atoms with Crippen LogP contribution in [0.1, 0.15) is 23.7 Å². The molecule has 0 aromatic heterocycles. The maximum Gasteiger partial charge on any atom is 0.338 e. The van der Waals surface area contributed by atoms with Crippen molar-refractivity contribution >= 4 is 68.1 Å². The first-order valence-corrected chi connectivity index (χ1v) is 11.6. The fourth-order valence-electron chi connectivity index (χ4n) is 2.83. The zero-order valence-corrected chi connectivity index (χ0v) is 18.8. The number of sulfonamides is 1. The number of nitrogens with zero attached hydrogens (tertiary/aromatic N) is 1. The molecule has 3 rings (SSSR count). The van der Waals surface area contributed by atoms with E-state index in [4.69, 9.17) is 39.5 Å². The molecule has 1 N–H and O–H groups in total. The highest BCUT2D eigenvalue weighted by Gasteiger charge is 2.28. The van der Waals surface area contributed by atoms with Gasteiger partial charge in [-0.3, -0.25) is 9.10 Å². The first-order chi connectivity index (χ1) is 14.1. The number of nitrogens with one attached hydrogen (secondary N) is 1. The van der Waals surface area contributed by atoms with Crippen LogP contribution >= 0.6 is 34.8 Å². The summed E-state index contributed by atoms with van der Waals surface area (Å²) in [6.07, 6.45) is -0.566. The number of anilines is 2. The number of carbonyl (C=O) groups excluding carboxylic acids is 2. The van der Waals surface area contributed by atoms with Crippen molar-refractivity contribution in [2.45, 2.75) is 19.4 Å². The number of rotatable bonds is 5. The quantitative estimate of drug-likeness (QED) is 0.495.